The van der Waals surface area contributed by atoms with Gasteiger partial charge in [0, 0.05) is 23.0 Å². The Bertz CT molecular complexity index is 445. The maximum Gasteiger partial charge on any atom is 0.107 e. The molecule has 0 fully saturated rings. The van der Waals surface area contributed by atoms with E-state index in [2.05, 4.69) is 9.88 Å². The summed E-state index contributed by atoms with van der Waals surface area (Å²) in [5.74, 6) is 0. The number of thiazole rings is 1. The van der Waals surface area contributed by atoms with Crippen LogP contribution in [-0.2, 0) is 17.9 Å². The van der Waals surface area contributed by atoms with Crippen LogP contribution in [0.5, 0.6) is 0 Å². The topological polar surface area (TPSA) is 45.6 Å². The molecule has 2 heterocycles. The lowest BCUT2D eigenvalue weighted by Crippen LogP contribution is -2.31. The van der Waals surface area contributed by atoms with Crippen LogP contribution in [0.25, 0.3) is 0 Å². The fraction of sp³-hybridized carbons (Fsp3) is 0.462. The minimum atomic E-state index is -0.468. The van der Waals surface area contributed by atoms with Crippen LogP contribution >= 0.6 is 22.7 Å². The molecule has 6 heteroatoms. The molecule has 4 nitrogen and oxygen atoms in total. The fourth-order valence-corrected chi connectivity index (χ4v) is 3.07. The summed E-state index contributed by atoms with van der Waals surface area (Å²) < 4.78 is 5.50. The molecule has 2 aromatic rings. The van der Waals surface area contributed by atoms with Crippen LogP contribution < -0.4 is 0 Å². The highest BCUT2D eigenvalue weighted by Crippen LogP contribution is 2.10. The van der Waals surface area contributed by atoms with Crippen LogP contribution in [0.15, 0.2) is 29.1 Å². The summed E-state index contributed by atoms with van der Waals surface area (Å²) in [6, 6.07) is 4.03. The number of hydrogen-bond acceptors (Lipinski definition) is 6. The van der Waals surface area contributed by atoms with Gasteiger partial charge in [0.25, 0.3) is 0 Å². The third kappa shape index (κ3) is 5.38. The minimum Gasteiger partial charge on any atom is -0.389 e. The second kappa shape index (κ2) is 7.72. The fourth-order valence-electron chi connectivity index (χ4n) is 1.73. The van der Waals surface area contributed by atoms with E-state index in [-0.39, 0.29) is 0 Å². The van der Waals surface area contributed by atoms with Crippen molar-refractivity contribution in [3.05, 3.63) is 39.0 Å². The highest BCUT2D eigenvalue weighted by Gasteiger charge is 2.10. The molecule has 19 heavy (non-hydrogen) atoms. The molecule has 0 aromatic carbocycles. The highest BCUT2D eigenvalue weighted by molar-refractivity contribution is 7.10. The zero-order chi connectivity index (χ0) is 13.5. The van der Waals surface area contributed by atoms with E-state index in [4.69, 9.17) is 4.74 Å². The summed E-state index contributed by atoms with van der Waals surface area (Å²) in [5, 5.41) is 14.9. The van der Waals surface area contributed by atoms with E-state index in [0.717, 1.165) is 11.6 Å². The van der Waals surface area contributed by atoms with Crippen LogP contribution in [0, 0.1) is 0 Å². The van der Waals surface area contributed by atoms with Crippen molar-refractivity contribution in [3.63, 3.8) is 0 Å². The lowest BCUT2D eigenvalue weighted by Gasteiger charge is -2.19. The first-order chi connectivity index (χ1) is 9.24. The standard InChI is InChI=1S/C13H18N2O2S2/c1-15(8-13-14-4-6-19-13)7-11(16)9-17-10-12-3-2-5-18-12/h2-6,11,16H,7-10H2,1H3. The average Bonchev–Trinajstić information content (AvgIpc) is 3.01. The van der Waals surface area contributed by atoms with E-state index in [1.807, 2.05) is 29.9 Å². The molecule has 1 unspecified atom stereocenters. The highest BCUT2D eigenvalue weighted by atomic mass is 32.1. The molecule has 0 aliphatic rings. The molecule has 0 bridgehead atoms. The zero-order valence-corrected chi connectivity index (χ0v) is 12.5. The second-order valence-electron chi connectivity index (χ2n) is 4.37. The molecule has 2 aromatic heterocycles. The van der Waals surface area contributed by atoms with Crippen LogP contribution in [-0.4, -0.2) is 41.3 Å². The minimum absolute atomic E-state index is 0.361. The molecular formula is C13H18N2O2S2. The van der Waals surface area contributed by atoms with Gasteiger partial charge in [0.15, 0.2) is 0 Å². The van der Waals surface area contributed by atoms with Crippen molar-refractivity contribution < 1.29 is 9.84 Å². The Morgan fingerprint density at radius 1 is 1.42 bits per heavy atom. The lowest BCUT2D eigenvalue weighted by molar-refractivity contribution is 0.0135. The molecule has 0 aliphatic heterocycles. The van der Waals surface area contributed by atoms with Gasteiger partial charge in [-0.2, -0.15) is 0 Å². The number of ether oxygens (including phenoxy) is 1. The first-order valence-electron chi connectivity index (χ1n) is 6.09. The van der Waals surface area contributed by atoms with E-state index in [1.165, 1.54) is 4.88 Å². The number of aliphatic hydroxyl groups excluding tert-OH is 1. The Kier molecular flexibility index (Phi) is 5.93. The van der Waals surface area contributed by atoms with Crippen molar-refractivity contribution in [1.82, 2.24) is 9.88 Å². The van der Waals surface area contributed by atoms with E-state index in [9.17, 15) is 5.11 Å². The second-order valence-corrected chi connectivity index (χ2v) is 6.38. The van der Waals surface area contributed by atoms with Gasteiger partial charge in [0.2, 0.25) is 0 Å². The summed E-state index contributed by atoms with van der Waals surface area (Å²) in [6.07, 6.45) is 1.33. The van der Waals surface area contributed by atoms with Gasteiger partial charge in [-0.1, -0.05) is 6.07 Å². The van der Waals surface area contributed by atoms with Gasteiger partial charge in [0.1, 0.15) is 5.01 Å². The van der Waals surface area contributed by atoms with Gasteiger partial charge >= 0.3 is 0 Å². The van der Waals surface area contributed by atoms with Crippen LogP contribution in [0.1, 0.15) is 9.88 Å². The van der Waals surface area contributed by atoms with Gasteiger partial charge < -0.3 is 9.84 Å². The molecule has 1 N–H and O–H groups in total. The molecular weight excluding hydrogens is 280 g/mol. The summed E-state index contributed by atoms with van der Waals surface area (Å²) in [5.41, 5.74) is 0. The van der Waals surface area contributed by atoms with Gasteiger partial charge in [-0.3, -0.25) is 4.90 Å². The monoisotopic (exact) mass is 298 g/mol. The van der Waals surface area contributed by atoms with E-state index in [1.54, 1.807) is 28.9 Å². The quantitative estimate of drug-likeness (QED) is 0.811. The number of aromatic nitrogens is 1. The normalized spacial score (nSPS) is 13.0. The number of likely N-dealkylation sites (N-methyl/N-ethyl adjacent to an activating group) is 1. The third-order valence-corrected chi connectivity index (χ3v) is 4.16. The third-order valence-electron chi connectivity index (χ3n) is 2.55. The number of nitrogens with zero attached hydrogens (tertiary/aromatic N) is 2. The molecule has 1 atom stereocenters. The SMILES string of the molecule is CN(Cc1nccs1)CC(O)COCc1cccs1. The van der Waals surface area contributed by atoms with Crippen LogP contribution in [0.4, 0.5) is 0 Å². The van der Waals surface area contributed by atoms with Crippen LogP contribution in [0.3, 0.4) is 0 Å². The largest absolute Gasteiger partial charge is 0.389 e. The predicted octanol–water partition coefficient (Wildman–Crippen LogP) is 2.21. The maximum atomic E-state index is 9.90. The van der Waals surface area contributed by atoms with Crippen LogP contribution in [0.2, 0.25) is 0 Å². The van der Waals surface area contributed by atoms with Gasteiger partial charge in [-0.15, -0.1) is 22.7 Å². The maximum absolute atomic E-state index is 9.90. The summed E-state index contributed by atoms with van der Waals surface area (Å²) in [6.45, 7) is 2.29. The Morgan fingerprint density at radius 2 is 2.32 bits per heavy atom. The van der Waals surface area contributed by atoms with E-state index in [0.29, 0.717) is 19.8 Å². The van der Waals surface area contributed by atoms with Crippen molar-refractivity contribution in [2.24, 2.45) is 0 Å². The molecule has 2 rings (SSSR count). The van der Waals surface area contributed by atoms with E-state index >= 15 is 0 Å². The number of aliphatic hydroxyl groups is 1. The molecule has 0 radical (unpaired) electrons. The summed E-state index contributed by atoms with van der Waals surface area (Å²) in [7, 11) is 1.98. The number of thiophene rings is 1. The van der Waals surface area contributed by atoms with Crippen molar-refractivity contribution in [3.8, 4) is 0 Å². The molecule has 0 amide bonds. The van der Waals surface area contributed by atoms with Gasteiger partial charge in [-0.25, -0.2) is 4.98 Å². The van der Waals surface area contributed by atoms with Gasteiger partial charge in [0.05, 0.1) is 25.9 Å². The Balaban J connectivity index is 1.62. The molecule has 0 aliphatic carbocycles. The van der Waals surface area contributed by atoms with Crippen molar-refractivity contribution in [2.45, 2.75) is 19.3 Å². The zero-order valence-electron chi connectivity index (χ0n) is 10.9. The summed E-state index contributed by atoms with van der Waals surface area (Å²) in [4.78, 5) is 7.46. The smallest absolute Gasteiger partial charge is 0.107 e. The number of hydrogen-bond donors (Lipinski definition) is 1. The molecule has 0 saturated heterocycles. The van der Waals surface area contributed by atoms with Gasteiger partial charge in [-0.05, 0) is 18.5 Å². The Hall–Kier alpha value is -0.790. The van der Waals surface area contributed by atoms with Crippen molar-refractivity contribution in [2.75, 3.05) is 20.2 Å². The number of rotatable bonds is 8. The molecule has 104 valence electrons. The first-order valence-corrected chi connectivity index (χ1v) is 7.85. The molecule has 0 saturated carbocycles. The van der Waals surface area contributed by atoms with Crippen molar-refractivity contribution in [1.29, 1.82) is 0 Å². The Labute approximate surface area is 121 Å². The Morgan fingerprint density at radius 3 is 3.00 bits per heavy atom. The average molecular weight is 298 g/mol. The summed E-state index contributed by atoms with van der Waals surface area (Å²) >= 11 is 3.30. The van der Waals surface area contributed by atoms with E-state index < -0.39 is 6.10 Å². The van der Waals surface area contributed by atoms with Crippen molar-refractivity contribution >= 4 is 22.7 Å². The first kappa shape index (κ1) is 14.6. The predicted molar refractivity (Wildman–Crippen MR) is 78.4 cm³/mol. The lowest BCUT2D eigenvalue weighted by atomic mass is 10.3. The molecule has 0 spiro atoms.